The summed E-state index contributed by atoms with van der Waals surface area (Å²) < 4.78 is 0.614. The Bertz CT molecular complexity index is 408. The van der Waals surface area contributed by atoms with Crippen molar-refractivity contribution in [3.63, 3.8) is 0 Å². The molecule has 15 heavy (non-hydrogen) atoms. The highest BCUT2D eigenvalue weighted by Gasteiger charge is 2.09. The van der Waals surface area contributed by atoms with Gasteiger partial charge in [-0.25, -0.2) is 0 Å². The molecule has 0 spiro atoms. The monoisotopic (exact) mass is 322 g/mol. The van der Waals surface area contributed by atoms with E-state index in [9.17, 15) is 14.9 Å². The number of nitrogens with one attached hydrogen (secondary N) is 1. The van der Waals surface area contributed by atoms with Gasteiger partial charge in [0.1, 0.15) is 6.54 Å². The van der Waals surface area contributed by atoms with Crippen LogP contribution in [0.2, 0.25) is 0 Å². The number of hydrogen-bond donors (Lipinski definition) is 2. The van der Waals surface area contributed by atoms with E-state index in [1.54, 1.807) is 0 Å². The minimum absolute atomic E-state index is 0.0136. The fourth-order valence-corrected chi connectivity index (χ4v) is 1.62. The smallest absolute Gasteiger partial charge is 0.322 e. The van der Waals surface area contributed by atoms with Crippen molar-refractivity contribution in [1.82, 2.24) is 0 Å². The second kappa shape index (κ2) is 4.91. The van der Waals surface area contributed by atoms with Crippen LogP contribution in [-0.4, -0.2) is 22.5 Å². The van der Waals surface area contributed by atoms with Crippen LogP contribution in [0.5, 0.6) is 0 Å². The van der Waals surface area contributed by atoms with E-state index in [-0.39, 0.29) is 12.2 Å². The van der Waals surface area contributed by atoms with Gasteiger partial charge < -0.3 is 10.4 Å². The number of carboxylic acid groups (broad SMARTS) is 1. The van der Waals surface area contributed by atoms with Gasteiger partial charge in [-0.1, -0.05) is 0 Å². The summed E-state index contributed by atoms with van der Waals surface area (Å²) in [7, 11) is 0. The van der Waals surface area contributed by atoms with Crippen molar-refractivity contribution in [2.45, 2.75) is 0 Å². The van der Waals surface area contributed by atoms with Gasteiger partial charge in [-0.2, -0.15) is 0 Å². The highest BCUT2D eigenvalue weighted by Crippen LogP contribution is 2.23. The first kappa shape index (κ1) is 11.7. The lowest BCUT2D eigenvalue weighted by Gasteiger charge is -2.05. The van der Waals surface area contributed by atoms with Gasteiger partial charge in [0.05, 0.1) is 4.92 Å². The molecule has 6 nitrogen and oxygen atoms in total. The first-order valence-corrected chi connectivity index (χ1v) is 4.98. The topological polar surface area (TPSA) is 92.5 Å². The lowest BCUT2D eigenvalue weighted by atomic mass is 10.3. The fourth-order valence-electron chi connectivity index (χ4n) is 0.932. The molecule has 80 valence electrons. The van der Waals surface area contributed by atoms with Crippen molar-refractivity contribution in [1.29, 1.82) is 0 Å². The second-order valence-corrected chi connectivity index (χ2v) is 3.83. The van der Waals surface area contributed by atoms with Crippen molar-refractivity contribution in [2.24, 2.45) is 0 Å². The predicted molar refractivity (Wildman–Crippen MR) is 61.9 cm³/mol. The zero-order valence-corrected chi connectivity index (χ0v) is 9.59. The van der Waals surface area contributed by atoms with E-state index in [1.165, 1.54) is 18.2 Å². The average molecular weight is 322 g/mol. The van der Waals surface area contributed by atoms with E-state index in [0.717, 1.165) is 0 Å². The fraction of sp³-hybridized carbons (Fsp3) is 0.125. The molecular weight excluding hydrogens is 315 g/mol. The number of nitro benzene ring substituents is 1. The first-order valence-electron chi connectivity index (χ1n) is 3.90. The van der Waals surface area contributed by atoms with Crippen LogP contribution in [0.3, 0.4) is 0 Å². The van der Waals surface area contributed by atoms with Crippen LogP contribution in [0.4, 0.5) is 11.4 Å². The zero-order chi connectivity index (χ0) is 11.4. The molecule has 0 fully saturated rings. The Morgan fingerprint density at radius 2 is 2.27 bits per heavy atom. The molecule has 1 aromatic rings. The molecule has 7 heteroatoms. The van der Waals surface area contributed by atoms with Crippen LogP contribution in [0.1, 0.15) is 0 Å². The van der Waals surface area contributed by atoms with Crippen LogP contribution < -0.4 is 5.32 Å². The van der Waals surface area contributed by atoms with Crippen LogP contribution in [0.25, 0.3) is 0 Å². The molecule has 0 amide bonds. The van der Waals surface area contributed by atoms with Crippen molar-refractivity contribution in [2.75, 3.05) is 11.9 Å². The molecule has 0 aliphatic heterocycles. The maximum Gasteiger partial charge on any atom is 0.322 e. The van der Waals surface area contributed by atoms with Crippen molar-refractivity contribution < 1.29 is 14.8 Å². The van der Waals surface area contributed by atoms with Gasteiger partial charge >= 0.3 is 5.97 Å². The molecule has 1 aromatic carbocycles. The van der Waals surface area contributed by atoms with E-state index in [2.05, 4.69) is 5.32 Å². The van der Waals surface area contributed by atoms with Crippen molar-refractivity contribution >= 4 is 39.9 Å². The Balaban J connectivity index is 2.83. The number of nitro groups is 1. The van der Waals surface area contributed by atoms with Gasteiger partial charge in [-0.05, 0) is 28.7 Å². The Hall–Kier alpha value is -1.38. The normalized spacial score (nSPS) is 9.67. The number of aliphatic carboxylic acids is 1. The molecule has 0 aromatic heterocycles. The molecule has 0 radical (unpaired) electrons. The summed E-state index contributed by atoms with van der Waals surface area (Å²) in [6.07, 6.45) is 0. The summed E-state index contributed by atoms with van der Waals surface area (Å²) >= 11 is 1.91. The number of anilines is 1. The van der Waals surface area contributed by atoms with Gasteiger partial charge in [0.25, 0.3) is 5.69 Å². The summed E-state index contributed by atoms with van der Waals surface area (Å²) in [6.45, 7) is -0.214. The lowest BCUT2D eigenvalue weighted by Crippen LogP contribution is -2.13. The first-order chi connectivity index (χ1) is 7.00. The van der Waals surface area contributed by atoms with Gasteiger partial charge in [-0.3, -0.25) is 14.9 Å². The Kier molecular flexibility index (Phi) is 3.83. The molecule has 1 rings (SSSR count). The Morgan fingerprint density at radius 3 is 2.73 bits per heavy atom. The SMILES string of the molecule is O=C(O)CNc1ccc([N+](=O)[O-])cc1I. The maximum atomic E-state index is 10.4. The zero-order valence-electron chi connectivity index (χ0n) is 7.44. The molecule has 0 bridgehead atoms. The number of halogens is 1. The third-order valence-electron chi connectivity index (χ3n) is 1.59. The van der Waals surface area contributed by atoms with Crippen LogP contribution >= 0.6 is 22.6 Å². The summed E-state index contributed by atoms with van der Waals surface area (Å²) in [5, 5.41) is 21.5. The summed E-state index contributed by atoms with van der Waals surface area (Å²) in [5.41, 5.74) is 0.559. The van der Waals surface area contributed by atoms with E-state index in [1.807, 2.05) is 22.6 Å². The third-order valence-corrected chi connectivity index (χ3v) is 2.49. The molecule has 0 unspecified atom stereocenters. The van der Waals surface area contributed by atoms with Gasteiger partial charge in [0, 0.05) is 21.4 Å². The number of rotatable bonds is 4. The third kappa shape index (κ3) is 3.35. The van der Waals surface area contributed by atoms with E-state index < -0.39 is 10.9 Å². The van der Waals surface area contributed by atoms with Gasteiger partial charge in [0.2, 0.25) is 0 Å². The number of non-ortho nitro benzene ring substituents is 1. The summed E-state index contributed by atoms with van der Waals surface area (Å²) in [4.78, 5) is 20.2. The predicted octanol–water partition coefficient (Wildman–Crippen LogP) is 1.70. The largest absolute Gasteiger partial charge is 0.480 e. The van der Waals surface area contributed by atoms with E-state index in [4.69, 9.17) is 5.11 Å². The maximum absolute atomic E-state index is 10.4. The minimum Gasteiger partial charge on any atom is -0.480 e. The summed E-state index contributed by atoms with van der Waals surface area (Å²) in [6, 6.07) is 4.19. The minimum atomic E-state index is -0.982. The van der Waals surface area contributed by atoms with Crippen molar-refractivity contribution in [3.05, 3.63) is 31.9 Å². The van der Waals surface area contributed by atoms with Crippen molar-refractivity contribution in [3.8, 4) is 0 Å². The van der Waals surface area contributed by atoms with Crippen LogP contribution in [0, 0.1) is 13.7 Å². The lowest BCUT2D eigenvalue weighted by molar-refractivity contribution is -0.384. The number of carboxylic acids is 1. The quantitative estimate of drug-likeness (QED) is 0.500. The van der Waals surface area contributed by atoms with Gasteiger partial charge in [-0.15, -0.1) is 0 Å². The average Bonchev–Trinajstić information content (AvgIpc) is 2.15. The molecular formula is C8H7IN2O4. The van der Waals surface area contributed by atoms with E-state index in [0.29, 0.717) is 9.26 Å². The standard InChI is InChI=1S/C8H7IN2O4/c9-6-3-5(11(14)15)1-2-7(6)10-4-8(12)13/h1-3,10H,4H2,(H,12,13). The van der Waals surface area contributed by atoms with Crippen LogP contribution in [-0.2, 0) is 4.79 Å². The Morgan fingerprint density at radius 1 is 1.60 bits per heavy atom. The number of carbonyl (C=O) groups is 1. The number of nitrogens with zero attached hydrogens (tertiary/aromatic N) is 1. The van der Waals surface area contributed by atoms with Crippen LogP contribution in [0.15, 0.2) is 18.2 Å². The highest BCUT2D eigenvalue weighted by atomic mass is 127. The molecule has 0 saturated carbocycles. The molecule has 0 saturated heterocycles. The highest BCUT2D eigenvalue weighted by molar-refractivity contribution is 14.1. The summed E-state index contributed by atoms with van der Waals surface area (Å²) in [5.74, 6) is -0.982. The number of hydrogen-bond acceptors (Lipinski definition) is 4. The molecule has 2 N–H and O–H groups in total. The molecule has 0 heterocycles. The number of benzene rings is 1. The van der Waals surface area contributed by atoms with E-state index >= 15 is 0 Å². The van der Waals surface area contributed by atoms with Gasteiger partial charge in [0.15, 0.2) is 0 Å². The Labute approximate surface area is 98.6 Å². The molecule has 0 aliphatic carbocycles. The molecule has 0 aliphatic rings. The molecule has 0 atom stereocenters. The second-order valence-electron chi connectivity index (χ2n) is 2.67.